The third kappa shape index (κ3) is 3.75. The van der Waals surface area contributed by atoms with Gasteiger partial charge in [0.25, 0.3) is 5.91 Å². The highest BCUT2D eigenvalue weighted by Gasteiger charge is 2.21. The van der Waals surface area contributed by atoms with Gasteiger partial charge in [-0.2, -0.15) is 0 Å². The number of aromatic nitrogens is 5. The minimum Gasteiger partial charge on any atom is -0.367 e. The summed E-state index contributed by atoms with van der Waals surface area (Å²) in [5.41, 5.74) is 2.14. The van der Waals surface area contributed by atoms with Gasteiger partial charge in [-0.15, -0.1) is 5.10 Å². The van der Waals surface area contributed by atoms with Crippen LogP contribution >= 0.6 is 0 Å². The molecule has 26 heavy (non-hydrogen) atoms. The fourth-order valence-corrected chi connectivity index (χ4v) is 2.60. The van der Waals surface area contributed by atoms with Crippen LogP contribution in [0.25, 0.3) is 11.4 Å². The van der Waals surface area contributed by atoms with Gasteiger partial charge < -0.3 is 10.1 Å². The van der Waals surface area contributed by atoms with E-state index in [0.717, 1.165) is 5.56 Å². The Balaban J connectivity index is 1.82. The van der Waals surface area contributed by atoms with Crippen molar-refractivity contribution in [3.8, 4) is 11.4 Å². The zero-order chi connectivity index (χ0) is 18.5. The number of nitrogens with one attached hydrogen (secondary N) is 1. The van der Waals surface area contributed by atoms with Crippen molar-refractivity contribution in [3.63, 3.8) is 0 Å². The van der Waals surface area contributed by atoms with Crippen LogP contribution in [0.2, 0.25) is 0 Å². The maximum absolute atomic E-state index is 12.6. The Labute approximate surface area is 151 Å². The molecule has 2 aromatic heterocycles. The molecule has 8 heteroatoms. The van der Waals surface area contributed by atoms with Crippen LogP contribution in [0, 0.1) is 0 Å². The Kier molecular flexibility index (Phi) is 5.33. The number of methoxy groups -OCH3 is 1. The van der Waals surface area contributed by atoms with E-state index in [1.54, 1.807) is 35.3 Å². The van der Waals surface area contributed by atoms with E-state index >= 15 is 0 Å². The summed E-state index contributed by atoms with van der Waals surface area (Å²) in [5.74, 6) is 0.368. The van der Waals surface area contributed by atoms with Crippen molar-refractivity contribution in [1.82, 2.24) is 25.2 Å². The largest absolute Gasteiger partial charge is 0.367 e. The molecule has 0 aliphatic rings. The average Bonchev–Trinajstić information content (AvgIpc) is 3.14. The highest BCUT2D eigenvalue weighted by Crippen LogP contribution is 2.24. The van der Waals surface area contributed by atoms with Gasteiger partial charge >= 0.3 is 0 Å². The molecule has 3 rings (SSSR count). The van der Waals surface area contributed by atoms with Gasteiger partial charge in [0.1, 0.15) is 0 Å². The number of tetrazole rings is 1. The van der Waals surface area contributed by atoms with E-state index in [1.165, 1.54) is 7.11 Å². The van der Waals surface area contributed by atoms with Gasteiger partial charge in [0, 0.05) is 36.3 Å². The summed E-state index contributed by atoms with van der Waals surface area (Å²) in [6.07, 6.45) is 2.52. The average molecular weight is 352 g/mol. The van der Waals surface area contributed by atoms with Crippen LogP contribution < -0.4 is 5.32 Å². The minimum absolute atomic E-state index is 0.127. The van der Waals surface area contributed by atoms with Crippen molar-refractivity contribution in [3.05, 3.63) is 54.4 Å². The zero-order valence-electron chi connectivity index (χ0n) is 14.8. The van der Waals surface area contributed by atoms with Crippen molar-refractivity contribution in [1.29, 1.82) is 0 Å². The van der Waals surface area contributed by atoms with Crippen LogP contribution in [-0.2, 0) is 9.53 Å². The molecule has 0 aliphatic heterocycles. The lowest BCUT2D eigenvalue weighted by atomic mass is 10.1. The van der Waals surface area contributed by atoms with Gasteiger partial charge in [0.05, 0.1) is 6.04 Å². The standard InChI is InChI=1S/C18H20N6O2/c1-12(2)24-17(21-22-23-24)13-6-4-8-15(10-13)20-18(25)16(26-3)14-7-5-9-19-11-14/h4-12,16H,1-3H3,(H,20,25). The lowest BCUT2D eigenvalue weighted by Gasteiger charge is -2.15. The molecule has 1 N–H and O–H groups in total. The van der Waals surface area contributed by atoms with Crippen molar-refractivity contribution in [2.75, 3.05) is 12.4 Å². The normalized spacial score (nSPS) is 12.2. The van der Waals surface area contributed by atoms with Crippen molar-refractivity contribution < 1.29 is 9.53 Å². The van der Waals surface area contributed by atoms with Crippen molar-refractivity contribution in [2.45, 2.75) is 26.0 Å². The van der Waals surface area contributed by atoms with E-state index in [2.05, 4.69) is 25.8 Å². The molecule has 0 saturated carbocycles. The summed E-state index contributed by atoms with van der Waals surface area (Å²) >= 11 is 0. The number of benzene rings is 1. The molecule has 0 bridgehead atoms. The van der Waals surface area contributed by atoms with Gasteiger partial charge in [0.2, 0.25) is 0 Å². The van der Waals surface area contributed by atoms with E-state index in [-0.39, 0.29) is 11.9 Å². The third-order valence-electron chi connectivity index (χ3n) is 3.83. The molecule has 0 aliphatic carbocycles. The fourth-order valence-electron chi connectivity index (χ4n) is 2.60. The van der Waals surface area contributed by atoms with Gasteiger partial charge in [-0.25, -0.2) is 4.68 Å². The van der Waals surface area contributed by atoms with Crippen LogP contribution in [0.4, 0.5) is 5.69 Å². The molecule has 1 amide bonds. The van der Waals surface area contributed by atoms with E-state index in [1.807, 2.05) is 32.0 Å². The molecule has 0 saturated heterocycles. The molecule has 3 aromatic rings. The van der Waals surface area contributed by atoms with Crippen LogP contribution in [-0.4, -0.2) is 38.2 Å². The number of anilines is 1. The predicted molar refractivity (Wildman–Crippen MR) is 96.3 cm³/mol. The molecular formula is C18H20N6O2. The second-order valence-corrected chi connectivity index (χ2v) is 6.01. The number of nitrogens with zero attached hydrogens (tertiary/aromatic N) is 5. The fraction of sp³-hybridized carbons (Fsp3) is 0.278. The van der Waals surface area contributed by atoms with Crippen LogP contribution in [0.1, 0.15) is 31.6 Å². The summed E-state index contributed by atoms with van der Waals surface area (Å²) in [7, 11) is 1.49. The summed E-state index contributed by atoms with van der Waals surface area (Å²) in [6, 6.07) is 11.1. The first kappa shape index (κ1) is 17.7. The van der Waals surface area contributed by atoms with Crippen molar-refractivity contribution in [2.24, 2.45) is 0 Å². The Bertz CT molecular complexity index is 878. The molecule has 1 atom stereocenters. The minimum atomic E-state index is -0.742. The van der Waals surface area contributed by atoms with Gasteiger partial charge in [-0.05, 0) is 42.5 Å². The molecule has 1 unspecified atom stereocenters. The van der Waals surface area contributed by atoms with Crippen LogP contribution in [0.15, 0.2) is 48.8 Å². The van der Waals surface area contributed by atoms with Gasteiger partial charge in [-0.3, -0.25) is 9.78 Å². The Morgan fingerprint density at radius 3 is 2.77 bits per heavy atom. The number of carbonyl (C=O) groups is 1. The Morgan fingerprint density at radius 2 is 2.08 bits per heavy atom. The number of hydrogen-bond acceptors (Lipinski definition) is 6. The molecule has 8 nitrogen and oxygen atoms in total. The highest BCUT2D eigenvalue weighted by atomic mass is 16.5. The number of carbonyl (C=O) groups excluding carboxylic acids is 1. The smallest absolute Gasteiger partial charge is 0.258 e. The Morgan fingerprint density at radius 1 is 1.23 bits per heavy atom. The van der Waals surface area contributed by atoms with Crippen LogP contribution in [0.5, 0.6) is 0 Å². The number of ether oxygens (including phenoxy) is 1. The molecule has 2 heterocycles. The lowest BCUT2D eigenvalue weighted by Crippen LogP contribution is -2.22. The number of amides is 1. The first-order chi connectivity index (χ1) is 12.6. The van der Waals surface area contributed by atoms with Gasteiger partial charge in [-0.1, -0.05) is 18.2 Å². The summed E-state index contributed by atoms with van der Waals surface area (Å²) in [6.45, 7) is 4.01. The summed E-state index contributed by atoms with van der Waals surface area (Å²) in [5, 5.41) is 14.7. The Hall–Kier alpha value is -3.13. The van der Waals surface area contributed by atoms with E-state index in [0.29, 0.717) is 17.1 Å². The van der Waals surface area contributed by atoms with Crippen molar-refractivity contribution >= 4 is 11.6 Å². The number of pyridine rings is 1. The first-order valence-corrected chi connectivity index (χ1v) is 8.22. The first-order valence-electron chi connectivity index (χ1n) is 8.22. The zero-order valence-corrected chi connectivity index (χ0v) is 14.8. The van der Waals surface area contributed by atoms with E-state index < -0.39 is 6.10 Å². The van der Waals surface area contributed by atoms with Gasteiger partial charge in [0.15, 0.2) is 11.9 Å². The lowest BCUT2D eigenvalue weighted by molar-refractivity contribution is -0.126. The molecule has 134 valence electrons. The molecule has 0 fully saturated rings. The number of rotatable bonds is 6. The number of hydrogen-bond donors (Lipinski definition) is 1. The molecule has 0 spiro atoms. The predicted octanol–water partition coefficient (Wildman–Crippen LogP) is 2.64. The molecule has 0 radical (unpaired) electrons. The maximum Gasteiger partial charge on any atom is 0.258 e. The molecule has 1 aromatic carbocycles. The SMILES string of the molecule is COC(C(=O)Nc1cccc(-c2nnnn2C(C)C)c1)c1cccnc1. The topological polar surface area (TPSA) is 94.8 Å². The molecular weight excluding hydrogens is 332 g/mol. The maximum atomic E-state index is 12.6. The second-order valence-electron chi connectivity index (χ2n) is 6.01. The summed E-state index contributed by atoms with van der Waals surface area (Å²) in [4.78, 5) is 16.6. The monoisotopic (exact) mass is 352 g/mol. The van der Waals surface area contributed by atoms with E-state index in [4.69, 9.17) is 4.74 Å². The summed E-state index contributed by atoms with van der Waals surface area (Å²) < 4.78 is 7.07. The second kappa shape index (κ2) is 7.83. The highest BCUT2D eigenvalue weighted by molar-refractivity contribution is 5.95. The van der Waals surface area contributed by atoms with Crippen LogP contribution in [0.3, 0.4) is 0 Å². The third-order valence-corrected chi connectivity index (χ3v) is 3.83. The van der Waals surface area contributed by atoms with E-state index in [9.17, 15) is 4.79 Å². The quantitative estimate of drug-likeness (QED) is 0.733.